The maximum atomic E-state index is 12.2. The summed E-state index contributed by atoms with van der Waals surface area (Å²) < 4.78 is 28.6. The van der Waals surface area contributed by atoms with Gasteiger partial charge in [0.2, 0.25) is 10.0 Å². The molecule has 0 aliphatic heterocycles. The lowest BCUT2D eigenvalue weighted by Crippen LogP contribution is -2.41. The van der Waals surface area contributed by atoms with Crippen LogP contribution in [0.2, 0.25) is 0 Å². The van der Waals surface area contributed by atoms with E-state index in [4.69, 9.17) is 0 Å². The Labute approximate surface area is 188 Å². The molecule has 0 saturated carbocycles. The first kappa shape index (κ1) is 24.8. The Kier molecular flexibility index (Phi) is 10.4. The van der Waals surface area contributed by atoms with Crippen molar-refractivity contribution in [2.45, 2.75) is 23.3 Å². The predicted octanol–water partition coefficient (Wildman–Crippen LogP) is 2.32. The van der Waals surface area contributed by atoms with Crippen molar-refractivity contribution < 1.29 is 8.42 Å². The summed E-state index contributed by atoms with van der Waals surface area (Å²) in [5.74, 6) is 0.626. The predicted molar refractivity (Wildman–Crippen MR) is 127 cm³/mol. The number of nitrogens with zero attached hydrogens (tertiary/aromatic N) is 2. The number of guanidine groups is 1. The van der Waals surface area contributed by atoms with Gasteiger partial charge in [0.05, 0.1) is 4.90 Å². The zero-order valence-corrected chi connectivity index (χ0v) is 20.5. The van der Waals surface area contributed by atoms with Crippen molar-refractivity contribution in [3.63, 3.8) is 0 Å². The van der Waals surface area contributed by atoms with Crippen molar-refractivity contribution in [3.8, 4) is 0 Å². The SMILES string of the molecule is CN=C(NCCNS(=O)(=O)c1ccn(C)c1)NCc1ccc(C)cc1SC.I. The molecule has 28 heavy (non-hydrogen) atoms. The lowest BCUT2D eigenvalue weighted by molar-refractivity contribution is 0.580. The lowest BCUT2D eigenvalue weighted by Gasteiger charge is -2.14. The second kappa shape index (κ2) is 11.7. The molecule has 0 aliphatic rings. The van der Waals surface area contributed by atoms with E-state index in [1.165, 1.54) is 16.0 Å². The Hall–Kier alpha value is -1.24. The number of rotatable bonds is 8. The highest BCUT2D eigenvalue weighted by Crippen LogP contribution is 2.21. The third-order valence-electron chi connectivity index (χ3n) is 3.94. The van der Waals surface area contributed by atoms with Crippen LogP contribution in [0.25, 0.3) is 0 Å². The molecule has 0 radical (unpaired) electrons. The number of halogens is 1. The minimum Gasteiger partial charge on any atom is -0.356 e. The monoisotopic (exact) mass is 537 g/mol. The average molecular weight is 537 g/mol. The molecule has 0 spiro atoms. The van der Waals surface area contributed by atoms with Crippen molar-refractivity contribution in [1.29, 1.82) is 0 Å². The molecular formula is C18H28IN5O2S2. The van der Waals surface area contributed by atoms with Crippen molar-refractivity contribution in [1.82, 2.24) is 19.9 Å². The van der Waals surface area contributed by atoms with Crippen molar-refractivity contribution in [3.05, 3.63) is 47.8 Å². The molecular weight excluding hydrogens is 509 g/mol. The molecule has 0 saturated heterocycles. The minimum atomic E-state index is -3.49. The van der Waals surface area contributed by atoms with Crippen LogP contribution < -0.4 is 15.4 Å². The summed E-state index contributed by atoms with van der Waals surface area (Å²) in [6.45, 7) is 3.41. The van der Waals surface area contributed by atoms with Gasteiger partial charge in [0, 0.05) is 51.0 Å². The molecule has 7 nitrogen and oxygen atoms in total. The summed E-state index contributed by atoms with van der Waals surface area (Å²) >= 11 is 1.71. The van der Waals surface area contributed by atoms with Crippen LogP contribution in [0.1, 0.15) is 11.1 Å². The highest BCUT2D eigenvalue weighted by molar-refractivity contribution is 14.0. The van der Waals surface area contributed by atoms with E-state index in [0.29, 0.717) is 19.0 Å². The summed E-state index contributed by atoms with van der Waals surface area (Å²) in [6.07, 6.45) is 5.33. The van der Waals surface area contributed by atoms with Gasteiger partial charge >= 0.3 is 0 Å². The summed E-state index contributed by atoms with van der Waals surface area (Å²) in [5, 5.41) is 6.38. The van der Waals surface area contributed by atoms with E-state index < -0.39 is 10.0 Å². The molecule has 2 rings (SSSR count). The number of thioether (sulfide) groups is 1. The van der Waals surface area contributed by atoms with Crippen LogP contribution in [-0.4, -0.2) is 45.3 Å². The molecule has 0 atom stereocenters. The number of nitrogens with one attached hydrogen (secondary N) is 3. The fraction of sp³-hybridized carbons (Fsp3) is 0.389. The third kappa shape index (κ3) is 7.30. The summed E-state index contributed by atoms with van der Waals surface area (Å²) in [5.41, 5.74) is 2.43. The quantitative estimate of drug-likeness (QED) is 0.158. The standard InChI is InChI=1S/C18H27N5O2S2.HI/c1-14-5-6-15(17(11-14)26-4)12-21-18(19-2)20-8-9-22-27(24,25)16-7-10-23(3)13-16;/h5-7,10-11,13,22H,8-9,12H2,1-4H3,(H2,19,20,21);1H. The second-order valence-corrected chi connectivity index (χ2v) is 8.69. The van der Waals surface area contributed by atoms with Gasteiger partial charge in [0.1, 0.15) is 0 Å². The van der Waals surface area contributed by atoms with Gasteiger partial charge < -0.3 is 15.2 Å². The Bertz CT molecular complexity index is 897. The Morgan fingerprint density at radius 1 is 1.21 bits per heavy atom. The van der Waals surface area contributed by atoms with Gasteiger partial charge in [-0.1, -0.05) is 12.1 Å². The van der Waals surface area contributed by atoms with Crippen LogP contribution >= 0.6 is 35.7 Å². The van der Waals surface area contributed by atoms with E-state index in [2.05, 4.69) is 51.7 Å². The molecule has 1 heterocycles. The number of aliphatic imine (C=N–C) groups is 1. The Morgan fingerprint density at radius 2 is 1.96 bits per heavy atom. The van der Waals surface area contributed by atoms with Crippen molar-refractivity contribution in [2.75, 3.05) is 26.4 Å². The van der Waals surface area contributed by atoms with E-state index >= 15 is 0 Å². The van der Waals surface area contributed by atoms with Gasteiger partial charge in [-0.25, -0.2) is 13.1 Å². The highest BCUT2D eigenvalue weighted by atomic mass is 127. The largest absolute Gasteiger partial charge is 0.356 e. The number of sulfonamides is 1. The van der Waals surface area contributed by atoms with E-state index in [-0.39, 0.29) is 35.4 Å². The Balaban J connectivity index is 0.00000392. The minimum absolute atomic E-state index is 0. The van der Waals surface area contributed by atoms with Gasteiger partial charge in [-0.3, -0.25) is 4.99 Å². The number of aromatic nitrogens is 1. The number of hydrogen-bond acceptors (Lipinski definition) is 4. The molecule has 0 bridgehead atoms. The van der Waals surface area contributed by atoms with Gasteiger partial charge in [0.15, 0.2) is 5.96 Å². The third-order valence-corrected chi connectivity index (χ3v) is 6.20. The van der Waals surface area contributed by atoms with Gasteiger partial charge in [0.25, 0.3) is 0 Å². The molecule has 2 aromatic rings. The van der Waals surface area contributed by atoms with E-state index in [1.807, 2.05) is 0 Å². The zero-order valence-electron chi connectivity index (χ0n) is 16.5. The smallest absolute Gasteiger partial charge is 0.242 e. The van der Waals surface area contributed by atoms with Crippen LogP contribution in [0, 0.1) is 6.92 Å². The zero-order chi connectivity index (χ0) is 19.9. The van der Waals surface area contributed by atoms with E-state index in [1.54, 1.807) is 48.9 Å². The fourth-order valence-electron chi connectivity index (χ4n) is 2.48. The number of aryl methyl sites for hydroxylation is 2. The molecule has 0 fully saturated rings. The van der Waals surface area contributed by atoms with Crippen LogP contribution in [0.15, 0.2) is 51.4 Å². The van der Waals surface area contributed by atoms with Crippen molar-refractivity contribution in [2.24, 2.45) is 12.0 Å². The van der Waals surface area contributed by atoms with Gasteiger partial charge in [-0.05, 0) is 36.4 Å². The van der Waals surface area contributed by atoms with Crippen LogP contribution in [0.5, 0.6) is 0 Å². The van der Waals surface area contributed by atoms with Crippen LogP contribution in [0.4, 0.5) is 0 Å². The Morgan fingerprint density at radius 3 is 2.57 bits per heavy atom. The fourth-order valence-corrected chi connectivity index (χ4v) is 4.27. The van der Waals surface area contributed by atoms with Crippen LogP contribution in [-0.2, 0) is 23.6 Å². The molecule has 3 N–H and O–H groups in total. The van der Waals surface area contributed by atoms with Gasteiger partial charge in [-0.15, -0.1) is 35.7 Å². The first-order valence-corrected chi connectivity index (χ1v) is 11.3. The molecule has 0 unspecified atom stereocenters. The van der Waals surface area contributed by atoms with Crippen molar-refractivity contribution >= 4 is 51.7 Å². The lowest BCUT2D eigenvalue weighted by atomic mass is 10.1. The normalized spacial score (nSPS) is 11.8. The number of benzene rings is 1. The topological polar surface area (TPSA) is 87.5 Å². The maximum Gasteiger partial charge on any atom is 0.242 e. The molecule has 0 amide bonds. The molecule has 1 aromatic carbocycles. The maximum absolute atomic E-state index is 12.2. The van der Waals surface area contributed by atoms with E-state index in [0.717, 1.165) is 0 Å². The molecule has 0 aliphatic carbocycles. The van der Waals surface area contributed by atoms with E-state index in [9.17, 15) is 8.42 Å². The average Bonchev–Trinajstić information content (AvgIpc) is 3.09. The van der Waals surface area contributed by atoms with Crippen LogP contribution in [0.3, 0.4) is 0 Å². The summed E-state index contributed by atoms with van der Waals surface area (Å²) in [4.78, 5) is 5.67. The highest BCUT2D eigenvalue weighted by Gasteiger charge is 2.14. The second-order valence-electron chi connectivity index (χ2n) is 6.08. The molecule has 10 heteroatoms. The number of hydrogen-bond donors (Lipinski definition) is 3. The summed E-state index contributed by atoms with van der Waals surface area (Å²) in [7, 11) is -0.0133. The molecule has 1 aromatic heterocycles. The van der Waals surface area contributed by atoms with Gasteiger partial charge in [-0.2, -0.15) is 0 Å². The molecule has 156 valence electrons. The first-order chi connectivity index (χ1) is 12.9. The first-order valence-electron chi connectivity index (χ1n) is 8.55. The summed E-state index contributed by atoms with van der Waals surface area (Å²) in [6, 6.07) is 7.93.